The molecular weight excluding hydrogens is 256 g/mol. The first kappa shape index (κ1) is 14.4. The normalized spacial score (nSPS) is 21.9. The van der Waals surface area contributed by atoms with Crippen LogP contribution in [0.4, 0.5) is 4.79 Å². The molecule has 2 rings (SSSR count). The van der Waals surface area contributed by atoms with Crippen molar-refractivity contribution in [3.63, 3.8) is 0 Å². The quantitative estimate of drug-likeness (QED) is 0.863. The van der Waals surface area contributed by atoms with Crippen LogP contribution in [0.3, 0.4) is 0 Å². The van der Waals surface area contributed by atoms with E-state index < -0.39 is 11.9 Å². The number of carbonyl (C=O) groups excluding carboxylic acids is 1. The molecule has 1 unspecified atom stereocenters. The van der Waals surface area contributed by atoms with E-state index in [-0.39, 0.29) is 18.6 Å². The Balaban J connectivity index is 1.80. The standard InChI is InChI=1S/C15H20N2O3/c1-10(14(18)19)9-17(2)15(20)16-13-8-12(13)11-6-4-3-5-7-11/h3-7,10,12-13H,8-9H2,1-2H3,(H,16,20)(H,18,19)/t10?,12-,13+/m0/s1. The second kappa shape index (κ2) is 5.94. The van der Waals surface area contributed by atoms with Crippen LogP contribution in [0.2, 0.25) is 0 Å². The average Bonchev–Trinajstić information content (AvgIpc) is 3.18. The number of carbonyl (C=O) groups is 2. The molecule has 0 radical (unpaired) electrons. The molecule has 0 aliphatic heterocycles. The molecule has 0 saturated heterocycles. The largest absolute Gasteiger partial charge is 0.481 e. The van der Waals surface area contributed by atoms with Crippen LogP contribution in [0.15, 0.2) is 30.3 Å². The lowest BCUT2D eigenvalue weighted by Gasteiger charge is -2.20. The number of urea groups is 1. The number of carboxylic acids is 1. The second-order valence-electron chi connectivity index (χ2n) is 5.43. The van der Waals surface area contributed by atoms with E-state index in [1.54, 1.807) is 14.0 Å². The first-order valence-electron chi connectivity index (χ1n) is 6.78. The smallest absolute Gasteiger partial charge is 0.317 e. The Kier molecular flexibility index (Phi) is 4.27. The Labute approximate surface area is 118 Å². The van der Waals surface area contributed by atoms with Crippen LogP contribution < -0.4 is 5.32 Å². The van der Waals surface area contributed by atoms with Crippen LogP contribution in [-0.4, -0.2) is 41.6 Å². The van der Waals surface area contributed by atoms with Crippen LogP contribution in [0.1, 0.15) is 24.8 Å². The Bertz CT molecular complexity index is 489. The summed E-state index contributed by atoms with van der Waals surface area (Å²) in [6, 6.07) is 10.0. The zero-order valence-corrected chi connectivity index (χ0v) is 11.7. The molecule has 1 aromatic rings. The molecule has 1 aromatic carbocycles. The van der Waals surface area contributed by atoms with Gasteiger partial charge in [0.25, 0.3) is 0 Å². The molecule has 0 aromatic heterocycles. The maximum atomic E-state index is 12.0. The van der Waals surface area contributed by atoms with Crippen molar-refractivity contribution in [2.45, 2.75) is 25.3 Å². The van der Waals surface area contributed by atoms with Gasteiger partial charge >= 0.3 is 12.0 Å². The Morgan fingerprint density at radius 1 is 1.40 bits per heavy atom. The number of rotatable bonds is 5. The number of nitrogens with zero attached hydrogens (tertiary/aromatic N) is 1. The summed E-state index contributed by atoms with van der Waals surface area (Å²) in [6.45, 7) is 1.81. The van der Waals surface area contributed by atoms with Crippen LogP contribution in [0, 0.1) is 5.92 Å². The highest BCUT2D eigenvalue weighted by Gasteiger charge is 2.39. The highest BCUT2D eigenvalue weighted by atomic mass is 16.4. The molecule has 2 amide bonds. The number of nitrogens with one attached hydrogen (secondary N) is 1. The van der Waals surface area contributed by atoms with Crippen LogP contribution in [0.25, 0.3) is 0 Å². The monoisotopic (exact) mass is 276 g/mol. The Hall–Kier alpha value is -2.04. The maximum absolute atomic E-state index is 12.0. The summed E-state index contributed by atoms with van der Waals surface area (Å²) in [7, 11) is 1.62. The minimum absolute atomic E-state index is 0.160. The fourth-order valence-corrected chi connectivity index (χ4v) is 2.26. The molecule has 0 spiro atoms. The van der Waals surface area contributed by atoms with E-state index in [9.17, 15) is 9.59 Å². The van der Waals surface area contributed by atoms with Crippen molar-refractivity contribution in [1.29, 1.82) is 0 Å². The zero-order valence-electron chi connectivity index (χ0n) is 11.7. The van der Waals surface area contributed by atoms with Gasteiger partial charge in [0.2, 0.25) is 0 Å². The van der Waals surface area contributed by atoms with E-state index in [0.29, 0.717) is 5.92 Å². The van der Waals surface area contributed by atoms with Crippen molar-refractivity contribution >= 4 is 12.0 Å². The third kappa shape index (κ3) is 3.50. The van der Waals surface area contributed by atoms with E-state index >= 15 is 0 Å². The summed E-state index contributed by atoms with van der Waals surface area (Å²) in [5.74, 6) is -1.07. The average molecular weight is 276 g/mol. The van der Waals surface area contributed by atoms with Crippen LogP contribution >= 0.6 is 0 Å². The van der Waals surface area contributed by atoms with Gasteiger partial charge in [-0.2, -0.15) is 0 Å². The molecule has 1 saturated carbocycles. The summed E-state index contributed by atoms with van der Waals surface area (Å²) < 4.78 is 0. The zero-order chi connectivity index (χ0) is 14.7. The van der Waals surface area contributed by atoms with Crippen molar-refractivity contribution in [2.75, 3.05) is 13.6 Å². The molecule has 5 heteroatoms. The molecule has 0 bridgehead atoms. The van der Waals surface area contributed by atoms with Gasteiger partial charge in [-0.25, -0.2) is 4.79 Å². The first-order valence-corrected chi connectivity index (χ1v) is 6.78. The van der Waals surface area contributed by atoms with Gasteiger partial charge in [0.15, 0.2) is 0 Å². The Morgan fingerprint density at radius 3 is 2.65 bits per heavy atom. The highest BCUT2D eigenvalue weighted by Crippen LogP contribution is 2.40. The third-order valence-electron chi connectivity index (χ3n) is 3.64. The van der Waals surface area contributed by atoms with Gasteiger partial charge < -0.3 is 15.3 Å². The topological polar surface area (TPSA) is 69.6 Å². The van der Waals surface area contributed by atoms with Crippen molar-refractivity contribution < 1.29 is 14.7 Å². The SMILES string of the molecule is CC(CN(C)C(=O)N[C@@H]1C[C@H]1c1ccccc1)C(=O)O. The molecule has 108 valence electrons. The molecular formula is C15H20N2O3. The van der Waals surface area contributed by atoms with Gasteiger partial charge in [-0.3, -0.25) is 4.79 Å². The number of amides is 2. The van der Waals surface area contributed by atoms with Crippen LogP contribution in [-0.2, 0) is 4.79 Å². The summed E-state index contributed by atoms with van der Waals surface area (Å²) in [4.78, 5) is 24.2. The lowest BCUT2D eigenvalue weighted by Crippen LogP contribution is -2.42. The molecule has 5 nitrogen and oxygen atoms in total. The van der Waals surface area contributed by atoms with E-state index in [1.807, 2.05) is 18.2 Å². The van der Waals surface area contributed by atoms with E-state index in [0.717, 1.165) is 6.42 Å². The fourth-order valence-electron chi connectivity index (χ4n) is 2.26. The van der Waals surface area contributed by atoms with Gasteiger partial charge in [-0.15, -0.1) is 0 Å². The van der Waals surface area contributed by atoms with E-state index in [4.69, 9.17) is 5.11 Å². The van der Waals surface area contributed by atoms with Gasteiger partial charge in [-0.1, -0.05) is 37.3 Å². The van der Waals surface area contributed by atoms with Crippen molar-refractivity contribution in [1.82, 2.24) is 10.2 Å². The van der Waals surface area contributed by atoms with Crippen molar-refractivity contribution in [2.24, 2.45) is 5.92 Å². The fraction of sp³-hybridized carbons (Fsp3) is 0.467. The maximum Gasteiger partial charge on any atom is 0.317 e. The predicted octanol–water partition coefficient (Wildman–Crippen LogP) is 1.90. The third-order valence-corrected chi connectivity index (χ3v) is 3.64. The van der Waals surface area contributed by atoms with Gasteiger partial charge in [0.05, 0.1) is 5.92 Å². The molecule has 0 heterocycles. The molecule has 20 heavy (non-hydrogen) atoms. The minimum Gasteiger partial charge on any atom is -0.481 e. The molecule has 2 N–H and O–H groups in total. The van der Waals surface area contributed by atoms with Gasteiger partial charge in [0.1, 0.15) is 0 Å². The summed E-state index contributed by atoms with van der Waals surface area (Å²) in [5.41, 5.74) is 1.24. The number of benzene rings is 1. The van der Waals surface area contributed by atoms with E-state index in [2.05, 4.69) is 17.4 Å². The van der Waals surface area contributed by atoms with Gasteiger partial charge in [-0.05, 0) is 12.0 Å². The first-order chi connectivity index (χ1) is 9.49. The predicted molar refractivity (Wildman–Crippen MR) is 75.5 cm³/mol. The molecule has 3 atom stereocenters. The Morgan fingerprint density at radius 2 is 2.05 bits per heavy atom. The highest BCUT2D eigenvalue weighted by molar-refractivity contribution is 5.76. The number of hydrogen-bond donors (Lipinski definition) is 2. The summed E-state index contributed by atoms with van der Waals surface area (Å²) in [6.07, 6.45) is 0.943. The second-order valence-corrected chi connectivity index (χ2v) is 5.43. The molecule has 1 aliphatic rings. The number of aliphatic carboxylic acids is 1. The number of carboxylic acid groups (broad SMARTS) is 1. The lowest BCUT2D eigenvalue weighted by atomic mass is 10.1. The van der Waals surface area contributed by atoms with Gasteiger partial charge in [0, 0.05) is 25.6 Å². The lowest BCUT2D eigenvalue weighted by molar-refractivity contribution is -0.141. The van der Waals surface area contributed by atoms with Crippen LogP contribution in [0.5, 0.6) is 0 Å². The van der Waals surface area contributed by atoms with Crippen molar-refractivity contribution in [3.8, 4) is 0 Å². The summed E-state index contributed by atoms with van der Waals surface area (Å²) in [5, 5.41) is 11.8. The number of hydrogen-bond acceptors (Lipinski definition) is 2. The minimum atomic E-state index is -0.891. The molecule has 1 fully saturated rings. The van der Waals surface area contributed by atoms with E-state index in [1.165, 1.54) is 10.5 Å². The van der Waals surface area contributed by atoms with Crippen molar-refractivity contribution in [3.05, 3.63) is 35.9 Å². The summed E-state index contributed by atoms with van der Waals surface area (Å²) >= 11 is 0. The molecule has 1 aliphatic carbocycles.